The number of aliphatic hydroxyl groups excluding tert-OH is 1. The maximum Gasteiger partial charge on any atom is 0.423 e. The summed E-state index contributed by atoms with van der Waals surface area (Å²) in [4.78, 5) is 35.5. The minimum absolute atomic E-state index is 0.130. The van der Waals surface area contributed by atoms with Crippen molar-refractivity contribution in [3.63, 3.8) is 0 Å². The number of nitrogens with zero attached hydrogens (tertiary/aromatic N) is 2. The van der Waals surface area contributed by atoms with E-state index in [9.17, 15) is 38.0 Å². The molecule has 0 amide bonds. The number of ether oxygens (including phenoxy) is 2. The Morgan fingerprint density at radius 3 is 2.67 bits per heavy atom. The maximum absolute atomic E-state index is 13.0. The molecule has 0 saturated carbocycles. The molecule has 162 valence electrons. The van der Waals surface area contributed by atoms with Crippen molar-refractivity contribution < 1.29 is 32.7 Å². The number of nitro groups is 1. The van der Waals surface area contributed by atoms with Gasteiger partial charge in [0, 0.05) is 18.7 Å². The largest absolute Gasteiger partial charge is 0.423 e. The summed E-state index contributed by atoms with van der Waals surface area (Å²) in [6.07, 6.45) is -7.87. The highest BCUT2D eigenvalue weighted by atomic mass is 19.4. The Hall–Kier alpha value is -3.03. The van der Waals surface area contributed by atoms with Crippen LogP contribution in [-0.2, 0) is 22.3 Å². The summed E-state index contributed by atoms with van der Waals surface area (Å²) in [6, 6.07) is 5.81. The first kappa shape index (κ1) is 21.7. The van der Waals surface area contributed by atoms with Crippen molar-refractivity contribution in [2.75, 3.05) is 6.61 Å². The van der Waals surface area contributed by atoms with Gasteiger partial charge in [0.25, 0.3) is 11.2 Å². The SMILES string of the molecule is O=c1[nH]c(=O)n([C@H]2C[C@H](OCc3ccccc3[N+](=O)[O-])[C@@H](CO)O2)cc1C(F)(F)F. The summed E-state index contributed by atoms with van der Waals surface area (Å²) in [5, 5.41) is 20.6. The lowest BCUT2D eigenvalue weighted by Crippen LogP contribution is -2.36. The number of nitro benzene ring substituents is 1. The molecule has 2 heterocycles. The second-order valence-electron chi connectivity index (χ2n) is 6.49. The number of aromatic amines is 1. The van der Waals surface area contributed by atoms with Crippen LogP contribution >= 0.6 is 0 Å². The lowest BCUT2D eigenvalue weighted by Gasteiger charge is -2.16. The topological polar surface area (TPSA) is 137 Å². The highest BCUT2D eigenvalue weighted by Gasteiger charge is 2.40. The fraction of sp³-hybridized carbons (Fsp3) is 0.412. The minimum Gasteiger partial charge on any atom is -0.394 e. The predicted molar refractivity (Wildman–Crippen MR) is 93.6 cm³/mol. The molecule has 0 aliphatic carbocycles. The van der Waals surface area contributed by atoms with Crippen LogP contribution in [-0.4, -0.2) is 38.4 Å². The number of rotatable bonds is 6. The summed E-state index contributed by atoms with van der Waals surface area (Å²) in [7, 11) is 0. The molecule has 0 bridgehead atoms. The second-order valence-corrected chi connectivity index (χ2v) is 6.49. The number of H-pyrrole nitrogens is 1. The molecular formula is C17H16F3N3O7. The molecule has 1 aliphatic rings. The molecule has 2 aromatic rings. The fourth-order valence-electron chi connectivity index (χ4n) is 3.12. The van der Waals surface area contributed by atoms with Crippen LogP contribution < -0.4 is 11.2 Å². The van der Waals surface area contributed by atoms with Gasteiger partial charge in [0.15, 0.2) is 0 Å². The minimum atomic E-state index is -4.99. The van der Waals surface area contributed by atoms with E-state index in [2.05, 4.69) is 0 Å². The smallest absolute Gasteiger partial charge is 0.394 e. The summed E-state index contributed by atoms with van der Waals surface area (Å²) < 4.78 is 50.5. The van der Waals surface area contributed by atoms with Gasteiger partial charge in [-0.15, -0.1) is 0 Å². The normalized spacial score (nSPS) is 21.7. The number of alkyl halides is 3. The molecule has 3 rings (SSSR count). The molecule has 0 unspecified atom stereocenters. The quantitative estimate of drug-likeness (QED) is 0.520. The van der Waals surface area contributed by atoms with Crippen molar-refractivity contribution in [2.45, 2.75) is 37.6 Å². The van der Waals surface area contributed by atoms with Crippen LogP contribution in [0.5, 0.6) is 0 Å². The fourth-order valence-corrected chi connectivity index (χ4v) is 3.12. The Morgan fingerprint density at radius 1 is 1.33 bits per heavy atom. The van der Waals surface area contributed by atoms with E-state index in [1.54, 1.807) is 11.1 Å². The monoisotopic (exact) mass is 431 g/mol. The van der Waals surface area contributed by atoms with Gasteiger partial charge in [0.2, 0.25) is 0 Å². The maximum atomic E-state index is 13.0. The van der Waals surface area contributed by atoms with E-state index in [1.807, 2.05) is 0 Å². The van der Waals surface area contributed by atoms with E-state index in [0.717, 1.165) is 0 Å². The van der Waals surface area contributed by atoms with Crippen molar-refractivity contribution in [3.8, 4) is 0 Å². The van der Waals surface area contributed by atoms with E-state index < -0.39 is 53.0 Å². The number of aromatic nitrogens is 2. The zero-order valence-corrected chi connectivity index (χ0v) is 15.2. The number of nitrogens with one attached hydrogen (secondary N) is 1. The molecule has 1 aromatic carbocycles. The zero-order chi connectivity index (χ0) is 22.1. The highest BCUT2D eigenvalue weighted by molar-refractivity contribution is 5.39. The molecule has 3 atom stereocenters. The van der Waals surface area contributed by atoms with E-state index in [4.69, 9.17) is 9.47 Å². The molecule has 2 N–H and O–H groups in total. The summed E-state index contributed by atoms with van der Waals surface area (Å²) >= 11 is 0. The van der Waals surface area contributed by atoms with Gasteiger partial charge in [-0.2, -0.15) is 13.2 Å². The van der Waals surface area contributed by atoms with E-state index in [0.29, 0.717) is 10.8 Å². The highest BCUT2D eigenvalue weighted by Crippen LogP contribution is 2.32. The van der Waals surface area contributed by atoms with Gasteiger partial charge in [-0.25, -0.2) is 4.79 Å². The van der Waals surface area contributed by atoms with Crippen LogP contribution in [0.3, 0.4) is 0 Å². The number of para-hydroxylation sites is 1. The molecule has 1 fully saturated rings. The van der Waals surface area contributed by atoms with Gasteiger partial charge in [-0.05, 0) is 6.07 Å². The third-order valence-corrected chi connectivity index (χ3v) is 4.59. The Morgan fingerprint density at radius 2 is 2.03 bits per heavy atom. The zero-order valence-electron chi connectivity index (χ0n) is 15.2. The second kappa shape index (κ2) is 8.38. The molecule has 1 aromatic heterocycles. The third kappa shape index (κ3) is 4.42. The van der Waals surface area contributed by atoms with E-state index in [-0.39, 0.29) is 24.3 Å². The van der Waals surface area contributed by atoms with Gasteiger partial charge in [0.1, 0.15) is 17.9 Å². The van der Waals surface area contributed by atoms with Crippen molar-refractivity contribution >= 4 is 5.69 Å². The van der Waals surface area contributed by atoms with Gasteiger partial charge in [-0.3, -0.25) is 24.5 Å². The van der Waals surface area contributed by atoms with E-state index in [1.165, 1.54) is 18.2 Å². The van der Waals surface area contributed by atoms with Gasteiger partial charge in [0.05, 0.1) is 29.8 Å². The molecule has 1 saturated heterocycles. The first-order valence-electron chi connectivity index (χ1n) is 8.64. The van der Waals surface area contributed by atoms with Crippen molar-refractivity contribution in [3.05, 3.63) is 72.5 Å². The number of hydrogen-bond acceptors (Lipinski definition) is 7. The molecular weight excluding hydrogens is 415 g/mol. The Balaban J connectivity index is 1.81. The average Bonchev–Trinajstić information content (AvgIpc) is 3.08. The van der Waals surface area contributed by atoms with Crippen LogP contribution in [0.1, 0.15) is 23.8 Å². The molecule has 10 nitrogen and oxygen atoms in total. The predicted octanol–water partition coefficient (Wildman–Crippen LogP) is 1.33. The molecule has 0 radical (unpaired) electrons. The summed E-state index contributed by atoms with van der Waals surface area (Å²) in [6.45, 7) is -0.787. The summed E-state index contributed by atoms with van der Waals surface area (Å²) in [5.41, 5.74) is -4.20. The number of aliphatic hydroxyl groups is 1. The van der Waals surface area contributed by atoms with Crippen molar-refractivity contribution in [1.82, 2.24) is 9.55 Å². The van der Waals surface area contributed by atoms with Gasteiger partial charge < -0.3 is 14.6 Å². The van der Waals surface area contributed by atoms with Crippen LogP contribution in [0.25, 0.3) is 0 Å². The van der Waals surface area contributed by atoms with Crippen LogP contribution in [0.15, 0.2) is 40.1 Å². The Labute approximate surface area is 165 Å². The van der Waals surface area contributed by atoms with Crippen LogP contribution in [0.4, 0.5) is 18.9 Å². The lowest BCUT2D eigenvalue weighted by molar-refractivity contribution is -0.386. The average molecular weight is 431 g/mol. The standard InChI is InChI=1S/C17H16F3N3O7/c18-17(19,20)10-6-22(16(26)21-15(10)25)14-5-12(13(7-24)30-14)29-8-9-3-1-2-4-11(9)23(27)28/h1-4,6,12-14,24H,5,7-8H2,(H,21,25,26)/t12-,13+,14+/m0/s1. The first-order chi connectivity index (χ1) is 14.1. The van der Waals surface area contributed by atoms with Gasteiger partial charge in [-0.1, -0.05) is 12.1 Å². The first-order valence-corrected chi connectivity index (χ1v) is 8.64. The van der Waals surface area contributed by atoms with E-state index >= 15 is 0 Å². The molecule has 0 spiro atoms. The molecule has 13 heteroatoms. The Kier molecular flexibility index (Phi) is 6.05. The number of hydrogen-bond donors (Lipinski definition) is 2. The van der Waals surface area contributed by atoms with Crippen molar-refractivity contribution in [1.29, 1.82) is 0 Å². The van der Waals surface area contributed by atoms with Crippen LogP contribution in [0.2, 0.25) is 0 Å². The van der Waals surface area contributed by atoms with Gasteiger partial charge >= 0.3 is 11.9 Å². The van der Waals surface area contributed by atoms with Crippen LogP contribution in [0, 0.1) is 10.1 Å². The number of benzene rings is 1. The van der Waals surface area contributed by atoms with Crippen molar-refractivity contribution in [2.24, 2.45) is 0 Å². The Bertz CT molecular complexity index is 1050. The summed E-state index contributed by atoms with van der Waals surface area (Å²) in [5.74, 6) is 0. The lowest BCUT2D eigenvalue weighted by atomic mass is 10.1. The molecule has 1 aliphatic heterocycles. The number of halogens is 3. The third-order valence-electron chi connectivity index (χ3n) is 4.59. The molecule has 30 heavy (non-hydrogen) atoms.